The molecule has 1 N–H and O–H groups in total. The second kappa shape index (κ2) is 12.9. The van der Waals surface area contributed by atoms with E-state index in [1.54, 1.807) is 12.1 Å². The summed E-state index contributed by atoms with van der Waals surface area (Å²) in [6, 6.07) is 33.5. The molecular weight excluding hydrogens is 741 g/mol. The number of allylic oxidation sites excluding steroid dienone is 4. The van der Waals surface area contributed by atoms with Gasteiger partial charge in [-0.25, -0.2) is 0 Å². The number of hydrogen-bond donors (Lipinski definition) is 1. The largest absolute Gasteiger partial charge is 0.491 e. The number of ether oxygens (including phenoxy) is 1. The molecule has 1 aliphatic heterocycles. The minimum atomic E-state index is -1.36. The summed E-state index contributed by atoms with van der Waals surface area (Å²) in [7, 11) is 0. The molecule has 6 atom stereocenters. The molecule has 8 rings (SSSR count). The summed E-state index contributed by atoms with van der Waals surface area (Å²) in [5.41, 5.74) is 2.47. The molecule has 4 aliphatic rings. The fourth-order valence-electron chi connectivity index (χ4n) is 9.07. The molecule has 0 aromatic heterocycles. The number of benzene rings is 4. The van der Waals surface area contributed by atoms with Crippen LogP contribution in [0.15, 0.2) is 127 Å². The number of hydrogen-bond acceptors (Lipinski definition) is 6. The van der Waals surface area contributed by atoms with E-state index in [0.29, 0.717) is 40.1 Å². The van der Waals surface area contributed by atoms with Gasteiger partial charge in [0.15, 0.2) is 11.6 Å². The number of para-hydroxylation sites is 1. The third-order valence-corrected chi connectivity index (χ3v) is 11.8. The number of Topliss-reactive ketones (excluding diaryl/α,β-unsaturated/α-hetero) is 1. The number of anilines is 1. The number of aliphatic hydroxyl groups is 1. The highest BCUT2D eigenvalue weighted by molar-refractivity contribution is 14.1. The molecule has 3 aliphatic carbocycles. The van der Waals surface area contributed by atoms with E-state index in [2.05, 4.69) is 28.7 Å². The monoisotopic (exact) mass is 775 g/mol. The molecule has 6 unspecified atom stereocenters. The Morgan fingerprint density at radius 3 is 2.20 bits per heavy atom. The normalized spacial score (nSPS) is 27.2. The Labute approximate surface area is 303 Å². The Bertz CT molecular complexity index is 2070. The van der Waals surface area contributed by atoms with Crippen molar-refractivity contribution >= 4 is 57.2 Å². The van der Waals surface area contributed by atoms with E-state index in [-0.39, 0.29) is 43.0 Å². The first kappa shape index (κ1) is 32.5. The molecular formula is C42H34INO6. The van der Waals surface area contributed by atoms with Crippen LogP contribution in [0.1, 0.15) is 35.4 Å². The number of rotatable bonds is 7. The minimum Gasteiger partial charge on any atom is -0.491 e. The van der Waals surface area contributed by atoms with Crippen LogP contribution in [-0.2, 0) is 24.6 Å². The van der Waals surface area contributed by atoms with Crippen molar-refractivity contribution in [2.24, 2.45) is 23.7 Å². The smallest absolute Gasteiger partial charge is 0.238 e. The molecule has 8 heteroatoms. The van der Waals surface area contributed by atoms with Gasteiger partial charge in [-0.15, -0.1) is 0 Å². The summed E-state index contributed by atoms with van der Waals surface area (Å²) in [5.74, 6) is -3.67. The van der Waals surface area contributed by atoms with Gasteiger partial charge >= 0.3 is 0 Å². The maximum absolute atomic E-state index is 15.2. The second-order valence-electron chi connectivity index (χ2n) is 13.4. The SMILES string of the molecule is O=C1C(c2ccccc2)=CC(=O)C2(c3ccccc3)C1CC1C(=CCC3C(=O)N(c4ccc(I)cc4)C(=O)C31)C2c1ccccc1OCCO. The van der Waals surface area contributed by atoms with E-state index in [1.165, 1.54) is 11.0 Å². The summed E-state index contributed by atoms with van der Waals surface area (Å²) in [6.07, 6.45) is 4.13. The molecule has 4 aromatic carbocycles. The molecule has 50 heavy (non-hydrogen) atoms. The lowest BCUT2D eigenvalue weighted by Gasteiger charge is -2.55. The third-order valence-electron chi connectivity index (χ3n) is 11.0. The topological polar surface area (TPSA) is 101 Å². The average molecular weight is 776 g/mol. The molecule has 0 spiro atoms. The van der Waals surface area contributed by atoms with Crippen molar-refractivity contribution in [2.75, 3.05) is 18.1 Å². The van der Waals surface area contributed by atoms with Gasteiger partial charge in [0.05, 0.1) is 29.5 Å². The number of carbonyl (C=O) groups excluding carboxylic acids is 4. The van der Waals surface area contributed by atoms with Gasteiger partial charge in [-0.1, -0.05) is 90.5 Å². The van der Waals surface area contributed by atoms with Crippen LogP contribution in [0.2, 0.25) is 0 Å². The van der Waals surface area contributed by atoms with Crippen molar-refractivity contribution in [3.8, 4) is 5.75 Å². The maximum atomic E-state index is 15.2. The van der Waals surface area contributed by atoms with E-state index in [1.807, 2.05) is 97.1 Å². The Kier molecular flexibility index (Phi) is 8.39. The lowest BCUT2D eigenvalue weighted by atomic mass is 9.44. The predicted octanol–water partition coefficient (Wildman–Crippen LogP) is 6.69. The summed E-state index contributed by atoms with van der Waals surface area (Å²) >= 11 is 2.19. The van der Waals surface area contributed by atoms with E-state index in [0.717, 1.165) is 9.14 Å². The second-order valence-corrected chi connectivity index (χ2v) is 14.6. The van der Waals surface area contributed by atoms with Crippen LogP contribution in [0.3, 0.4) is 0 Å². The Morgan fingerprint density at radius 1 is 0.800 bits per heavy atom. The van der Waals surface area contributed by atoms with Gasteiger partial charge < -0.3 is 9.84 Å². The number of ketones is 2. The van der Waals surface area contributed by atoms with Crippen LogP contribution in [0.4, 0.5) is 5.69 Å². The van der Waals surface area contributed by atoms with Gasteiger partial charge in [0, 0.05) is 26.5 Å². The van der Waals surface area contributed by atoms with Crippen LogP contribution in [0, 0.1) is 27.2 Å². The van der Waals surface area contributed by atoms with E-state index < -0.39 is 35.0 Å². The number of fused-ring (bicyclic) bond motifs is 4. The molecule has 0 radical (unpaired) electrons. The lowest BCUT2D eigenvalue weighted by molar-refractivity contribution is -0.135. The van der Waals surface area contributed by atoms with Gasteiger partial charge in [-0.05, 0) is 88.9 Å². The van der Waals surface area contributed by atoms with Crippen molar-refractivity contribution in [1.82, 2.24) is 0 Å². The van der Waals surface area contributed by atoms with Gasteiger partial charge in [-0.2, -0.15) is 0 Å². The van der Waals surface area contributed by atoms with Crippen LogP contribution < -0.4 is 9.64 Å². The standard InChI is InChI=1S/C42H34INO6/c43-27-15-17-28(18-16-27)44-40(48)31-20-19-29-33(37(31)41(44)49)23-34-39(47)32(25-9-3-1-4-10-25)24-36(46)42(34,26-11-5-2-6-12-26)38(29)30-13-7-8-14-35(30)50-22-21-45/h1-19,24,31,33-34,37-38,45H,20-23H2. The first-order valence-electron chi connectivity index (χ1n) is 16.9. The fraction of sp³-hybridized carbons (Fsp3) is 0.238. The zero-order valence-electron chi connectivity index (χ0n) is 27.1. The summed E-state index contributed by atoms with van der Waals surface area (Å²) in [5, 5.41) is 9.72. The molecule has 2 fully saturated rings. The van der Waals surface area contributed by atoms with Crippen LogP contribution >= 0.6 is 22.6 Å². The molecule has 0 bridgehead atoms. The van der Waals surface area contributed by atoms with Crippen molar-refractivity contribution in [1.29, 1.82) is 0 Å². The zero-order valence-corrected chi connectivity index (χ0v) is 29.2. The summed E-state index contributed by atoms with van der Waals surface area (Å²) < 4.78 is 7.11. The first-order chi connectivity index (χ1) is 24.4. The van der Waals surface area contributed by atoms with Gasteiger partial charge in [0.25, 0.3) is 0 Å². The fourth-order valence-corrected chi connectivity index (χ4v) is 9.43. The highest BCUT2D eigenvalue weighted by Crippen LogP contribution is 2.64. The van der Waals surface area contributed by atoms with Crippen molar-refractivity contribution in [3.05, 3.63) is 147 Å². The summed E-state index contributed by atoms with van der Waals surface area (Å²) in [4.78, 5) is 60.2. The Hall–Kier alpha value is -4.67. The molecule has 7 nitrogen and oxygen atoms in total. The Balaban J connectivity index is 1.36. The molecule has 1 heterocycles. The van der Waals surface area contributed by atoms with E-state index in [9.17, 15) is 14.7 Å². The van der Waals surface area contributed by atoms with Gasteiger partial charge in [0.2, 0.25) is 11.8 Å². The predicted molar refractivity (Wildman–Crippen MR) is 197 cm³/mol. The lowest BCUT2D eigenvalue weighted by Crippen LogP contribution is -2.58. The molecule has 2 amide bonds. The minimum absolute atomic E-state index is 0.0432. The molecule has 1 saturated heterocycles. The van der Waals surface area contributed by atoms with Crippen molar-refractivity contribution < 1.29 is 29.0 Å². The van der Waals surface area contributed by atoms with Crippen LogP contribution in [-0.4, -0.2) is 41.7 Å². The van der Waals surface area contributed by atoms with E-state index in [4.69, 9.17) is 4.74 Å². The quantitative estimate of drug-likeness (QED) is 0.128. The van der Waals surface area contributed by atoms with Crippen LogP contribution in [0.25, 0.3) is 5.57 Å². The summed E-state index contributed by atoms with van der Waals surface area (Å²) in [6.45, 7) is -0.159. The van der Waals surface area contributed by atoms with Crippen molar-refractivity contribution in [3.63, 3.8) is 0 Å². The molecule has 4 aromatic rings. The number of nitrogens with zero attached hydrogens (tertiary/aromatic N) is 1. The highest BCUT2D eigenvalue weighted by atomic mass is 127. The van der Waals surface area contributed by atoms with Crippen molar-refractivity contribution in [2.45, 2.75) is 24.2 Å². The zero-order chi connectivity index (χ0) is 34.6. The van der Waals surface area contributed by atoms with Gasteiger partial charge in [0.1, 0.15) is 12.4 Å². The van der Waals surface area contributed by atoms with Gasteiger partial charge in [-0.3, -0.25) is 24.1 Å². The number of halogens is 1. The third kappa shape index (κ3) is 4.94. The first-order valence-corrected chi connectivity index (χ1v) is 18.0. The number of imide groups is 1. The highest BCUT2D eigenvalue weighted by Gasteiger charge is 2.66. The maximum Gasteiger partial charge on any atom is 0.238 e. The Morgan fingerprint density at radius 2 is 1.48 bits per heavy atom. The van der Waals surface area contributed by atoms with E-state index >= 15 is 9.59 Å². The number of amides is 2. The molecule has 1 saturated carbocycles. The van der Waals surface area contributed by atoms with Crippen LogP contribution in [0.5, 0.6) is 5.75 Å². The molecule has 250 valence electrons. The number of aliphatic hydroxyl groups excluding tert-OH is 1. The average Bonchev–Trinajstić information content (AvgIpc) is 3.41. The number of carbonyl (C=O) groups is 4.